The summed E-state index contributed by atoms with van der Waals surface area (Å²) in [7, 11) is 0. The predicted octanol–water partition coefficient (Wildman–Crippen LogP) is 1.14. The molecule has 0 radical (unpaired) electrons. The van der Waals surface area contributed by atoms with E-state index in [-0.39, 0.29) is 17.6 Å². The van der Waals surface area contributed by atoms with Crippen LogP contribution in [0.3, 0.4) is 0 Å². The largest absolute Gasteiger partial charge is 0.373 e. The highest BCUT2D eigenvalue weighted by molar-refractivity contribution is 5.92. The average molecular weight is 340 g/mol. The van der Waals surface area contributed by atoms with Gasteiger partial charge in [0, 0.05) is 37.8 Å². The molecule has 8 nitrogen and oxygen atoms in total. The van der Waals surface area contributed by atoms with Crippen LogP contribution in [0, 0.1) is 0 Å². The van der Waals surface area contributed by atoms with E-state index >= 15 is 0 Å². The van der Waals surface area contributed by atoms with Crippen molar-refractivity contribution in [2.45, 2.75) is 30.9 Å². The normalized spacial score (nSPS) is 25.9. The lowest BCUT2D eigenvalue weighted by Gasteiger charge is -2.38. The van der Waals surface area contributed by atoms with Gasteiger partial charge in [0.25, 0.3) is 5.91 Å². The SMILES string of the molecule is O=C(c1ccncn1)N1CC[C@]2(C[C@H](Nc3ncccn3)CCO2)C1. The minimum atomic E-state index is -0.298. The second-order valence-corrected chi connectivity index (χ2v) is 6.51. The van der Waals surface area contributed by atoms with E-state index < -0.39 is 0 Å². The van der Waals surface area contributed by atoms with E-state index in [2.05, 4.69) is 25.3 Å². The zero-order valence-corrected chi connectivity index (χ0v) is 13.8. The average Bonchev–Trinajstić information content (AvgIpc) is 3.06. The smallest absolute Gasteiger partial charge is 0.272 e. The molecule has 0 unspecified atom stereocenters. The molecule has 2 aliphatic heterocycles. The molecular formula is C17H20N6O2. The Morgan fingerprint density at radius 2 is 2.16 bits per heavy atom. The lowest BCUT2D eigenvalue weighted by Crippen LogP contribution is -2.47. The van der Waals surface area contributed by atoms with Gasteiger partial charge in [-0.05, 0) is 31.4 Å². The van der Waals surface area contributed by atoms with Crippen molar-refractivity contribution in [2.75, 3.05) is 25.0 Å². The maximum atomic E-state index is 12.6. The summed E-state index contributed by atoms with van der Waals surface area (Å²) in [6.07, 6.45) is 9.00. The molecule has 4 rings (SSSR count). The molecule has 130 valence electrons. The van der Waals surface area contributed by atoms with Gasteiger partial charge >= 0.3 is 0 Å². The van der Waals surface area contributed by atoms with Crippen molar-refractivity contribution >= 4 is 11.9 Å². The number of ether oxygens (including phenoxy) is 1. The first kappa shape index (κ1) is 15.9. The zero-order chi connectivity index (χ0) is 17.1. The molecule has 0 aliphatic carbocycles. The van der Waals surface area contributed by atoms with Crippen LogP contribution < -0.4 is 5.32 Å². The highest BCUT2D eigenvalue weighted by Crippen LogP contribution is 2.35. The van der Waals surface area contributed by atoms with Gasteiger partial charge in [-0.2, -0.15) is 0 Å². The van der Waals surface area contributed by atoms with Crippen LogP contribution in [0.5, 0.6) is 0 Å². The summed E-state index contributed by atoms with van der Waals surface area (Å²) >= 11 is 0. The van der Waals surface area contributed by atoms with E-state index in [0.717, 1.165) is 19.3 Å². The van der Waals surface area contributed by atoms with Crippen LogP contribution in [0.15, 0.2) is 37.1 Å². The Hall–Kier alpha value is -2.61. The summed E-state index contributed by atoms with van der Waals surface area (Å²) in [5, 5.41) is 3.38. The molecule has 2 atom stereocenters. The topological polar surface area (TPSA) is 93.1 Å². The summed E-state index contributed by atoms with van der Waals surface area (Å²) in [6, 6.07) is 3.68. The van der Waals surface area contributed by atoms with Gasteiger partial charge < -0.3 is 15.0 Å². The quantitative estimate of drug-likeness (QED) is 0.895. The van der Waals surface area contributed by atoms with Gasteiger partial charge in [-0.3, -0.25) is 4.79 Å². The van der Waals surface area contributed by atoms with Crippen molar-refractivity contribution in [3.63, 3.8) is 0 Å². The van der Waals surface area contributed by atoms with Crippen LogP contribution in [0.1, 0.15) is 29.8 Å². The lowest BCUT2D eigenvalue weighted by atomic mass is 9.89. The number of nitrogens with one attached hydrogen (secondary N) is 1. The van der Waals surface area contributed by atoms with Gasteiger partial charge in [0.05, 0.1) is 12.1 Å². The number of anilines is 1. The Balaban J connectivity index is 1.41. The number of nitrogens with zero attached hydrogens (tertiary/aromatic N) is 5. The summed E-state index contributed by atoms with van der Waals surface area (Å²) in [5.41, 5.74) is 0.128. The maximum absolute atomic E-state index is 12.6. The van der Waals surface area contributed by atoms with E-state index in [4.69, 9.17) is 4.74 Å². The Morgan fingerprint density at radius 3 is 2.96 bits per heavy atom. The number of aromatic nitrogens is 4. The number of carbonyl (C=O) groups is 1. The third-order valence-electron chi connectivity index (χ3n) is 4.80. The van der Waals surface area contributed by atoms with E-state index in [0.29, 0.717) is 31.3 Å². The minimum Gasteiger partial charge on any atom is -0.373 e. The van der Waals surface area contributed by atoms with Crippen LogP contribution in [0.2, 0.25) is 0 Å². The van der Waals surface area contributed by atoms with Gasteiger partial charge in [0.15, 0.2) is 0 Å². The van der Waals surface area contributed by atoms with Crippen LogP contribution in [-0.4, -0.2) is 62.1 Å². The molecule has 0 bridgehead atoms. The predicted molar refractivity (Wildman–Crippen MR) is 89.9 cm³/mol. The second kappa shape index (κ2) is 6.72. The van der Waals surface area contributed by atoms with Crippen molar-refractivity contribution < 1.29 is 9.53 Å². The Labute approximate surface area is 145 Å². The first-order chi connectivity index (χ1) is 12.2. The van der Waals surface area contributed by atoms with Crippen molar-refractivity contribution in [3.05, 3.63) is 42.7 Å². The number of hydrogen-bond donors (Lipinski definition) is 1. The Morgan fingerprint density at radius 1 is 1.28 bits per heavy atom. The van der Waals surface area contributed by atoms with Crippen molar-refractivity contribution in [1.82, 2.24) is 24.8 Å². The summed E-state index contributed by atoms with van der Waals surface area (Å²) in [6.45, 7) is 1.93. The fourth-order valence-corrected chi connectivity index (χ4v) is 3.59. The summed E-state index contributed by atoms with van der Waals surface area (Å²) in [4.78, 5) is 30.8. The molecule has 2 aliphatic rings. The second-order valence-electron chi connectivity index (χ2n) is 6.51. The number of carbonyl (C=O) groups excluding carboxylic acids is 1. The van der Waals surface area contributed by atoms with Crippen LogP contribution in [0.4, 0.5) is 5.95 Å². The first-order valence-electron chi connectivity index (χ1n) is 8.47. The standard InChI is InChI=1S/C17H20N6O2/c24-15(14-2-7-18-12-21-14)23-8-4-17(11-23)10-13(3-9-25-17)22-16-19-5-1-6-20-16/h1-2,5-7,12-13H,3-4,8-11H2,(H,19,20,22)/t13-,17+/m1/s1. The molecule has 1 amide bonds. The molecule has 2 fully saturated rings. The summed E-state index contributed by atoms with van der Waals surface area (Å²) in [5.74, 6) is 0.570. The van der Waals surface area contributed by atoms with Crippen molar-refractivity contribution in [3.8, 4) is 0 Å². The Bertz CT molecular complexity index is 728. The lowest BCUT2D eigenvalue weighted by molar-refractivity contribution is -0.0721. The number of hydrogen-bond acceptors (Lipinski definition) is 7. The fourth-order valence-electron chi connectivity index (χ4n) is 3.59. The van der Waals surface area contributed by atoms with Gasteiger partial charge in [-0.1, -0.05) is 0 Å². The monoisotopic (exact) mass is 340 g/mol. The van der Waals surface area contributed by atoms with E-state index in [1.165, 1.54) is 6.33 Å². The molecule has 1 spiro atoms. The maximum Gasteiger partial charge on any atom is 0.272 e. The fraction of sp³-hybridized carbons (Fsp3) is 0.471. The van der Waals surface area contributed by atoms with E-state index in [1.54, 1.807) is 30.7 Å². The molecule has 1 N–H and O–H groups in total. The summed E-state index contributed by atoms with van der Waals surface area (Å²) < 4.78 is 6.10. The van der Waals surface area contributed by atoms with Gasteiger partial charge in [0.1, 0.15) is 12.0 Å². The third kappa shape index (κ3) is 3.43. The molecule has 8 heteroatoms. The van der Waals surface area contributed by atoms with Crippen LogP contribution in [-0.2, 0) is 4.74 Å². The molecule has 0 aromatic carbocycles. The van der Waals surface area contributed by atoms with Gasteiger partial charge in [0.2, 0.25) is 5.95 Å². The van der Waals surface area contributed by atoms with Crippen LogP contribution in [0.25, 0.3) is 0 Å². The number of likely N-dealkylation sites (tertiary alicyclic amines) is 1. The molecule has 4 heterocycles. The van der Waals surface area contributed by atoms with Crippen LogP contribution >= 0.6 is 0 Å². The molecule has 0 saturated carbocycles. The third-order valence-corrected chi connectivity index (χ3v) is 4.80. The highest BCUT2D eigenvalue weighted by atomic mass is 16.5. The van der Waals surface area contributed by atoms with E-state index in [9.17, 15) is 4.79 Å². The van der Waals surface area contributed by atoms with Crippen molar-refractivity contribution in [2.24, 2.45) is 0 Å². The van der Waals surface area contributed by atoms with Gasteiger partial charge in [-0.25, -0.2) is 19.9 Å². The van der Waals surface area contributed by atoms with Gasteiger partial charge in [-0.15, -0.1) is 0 Å². The molecule has 2 saturated heterocycles. The van der Waals surface area contributed by atoms with E-state index in [1.807, 2.05) is 4.90 Å². The number of amides is 1. The zero-order valence-electron chi connectivity index (χ0n) is 13.8. The highest BCUT2D eigenvalue weighted by Gasteiger charge is 2.45. The minimum absolute atomic E-state index is 0.0654. The van der Waals surface area contributed by atoms with Crippen molar-refractivity contribution in [1.29, 1.82) is 0 Å². The first-order valence-corrected chi connectivity index (χ1v) is 8.47. The molecule has 25 heavy (non-hydrogen) atoms. The Kier molecular flexibility index (Phi) is 4.27. The number of rotatable bonds is 3. The molecular weight excluding hydrogens is 320 g/mol. The molecule has 2 aromatic heterocycles. The molecule has 2 aromatic rings.